The van der Waals surface area contributed by atoms with E-state index in [2.05, 4.69) is 18.3 Å². The number of ether oxygens (including phenoxy) is 1. The normalized spacial score (nSPS) is 30.0. The average molecular weight is 314 g/mol. The third kappa shape index (κ3) is 3.22. The summed E-state index contributed by atoms with van der Waals surface area (Å²) in [5.74, 6) is 0.802. The number of thiophene rings is 1. The summed E-state index contributed by atoms with van der Waals surface area (Å²) in [5.41, 5.74) is 0.282. The molecule has 1 aromatic rings. The zero-order valence-electron chi connectivity index (χ0n) is 12.2. The van der Waals surface area contributed by atoms with Gasteiger partial charge in [0.15, 0.2) is 0 Å². The molecule has 3 rings (SSSR count). The van der Waals surface area contributed by atoms with Crippen molar-refractivity contribution in [1.29, 1.82) is 0 Å². The first-order chi connectivity index (χ1) is 9.73. The Morgan fingerprint density at radius 3 is 2.95 bits per heavy atom. The van der Waals surface area contributed by atoms with E-state index in [-0.39, 0.29) is 5.41 Å². The lowest BCUT2D eigenvalue weighted by Gasteiger charge is -2.34. The molecule has 2 heterocycles. The van der Waals surface area contributed by atoms with Crippen molar-refractivity contribution >= 4 is 22.9 Å². The van der Waals surface area contributed by atoms with Crippen molar-refractivity contribution in [2.75, 3.05) is 19.7 Å². The molecular weight excluding hydrogens is 290 g/mol. The number of hydrogen-bond acceptors (Lipinski definition) is 3. The van der Waals surface area contributed by atoms with Crippen LogP contribution in [-0.4, -0.2) is 25.8 Å². The van der Waals surface area contributed by atoms with Gasteiger partial charge in [0.1, 0.15) is 0 Å². The van der Waals surface area contributed by atoms with E-state index in [4.69, 9.17) is 16.3 Å². The Kier molecular flexibility index (Phi) is 4.71. The SMILES string of the molecule is CCCNCC1(Cc2ccc(Cl)s2)CCOC1C1CC1. The van der Waals surface area contributed by atoms with E-state index in [0.29, 0.717) is 6.10 Å². The lowest BCUT2D eigenvalue weighted by Crippen LogP contribution is -2.43. The zero-order chi connectivity index (χ0) is 14.0. The molecule has 112 valence electrons. The van der Waals surface area contributed by atoms with E-state index in [0.717, 1.165) is 36.4 Å². The highest BCUT2D eigenvalue weighted by Crippen LogP contribution is 2.49. The van der Waals surface area contributed by atoms with Crippen molar-refractivity contribution < 1.29 is 4.74 Å². The van der Waals surface area contributed by atoms with Crippen LogP contribution in [0.15, 0.2) is 12.1 Å². The summed E-state index contributed by atoms with van der Waals surface area (Å²) in [4.78, 5) is 1.41. The molecule has 2 aliphatic rings. The van der Waals surface area contributed by atoms with Gasteiger partial charge in [-0.2, -0.15) is 0 Å². The van der Waals surface area contributed by atoms with Gasteiger partial charge in [-0.05, 0) is 56.7 Å². The summed E-state index contributed by atoms with van der Waals surface area (Å²) in [5, 5.41) is 3.65. The minimum absolute atomic E-state index is 0.282. The lowest BCUT2D eigenvalue weighted by molar-refractivity contribution is 0.0310. The van der Waals surface area contributed by atoms with Crippen molar-refractivity contribution in [2.45, 2.75) is 45.1 Å². The molecule has 1 saturated heterocycles. The molecule has 2 atom stereocenters. The maximum absolute atomic E-state index is 6.13. The highest BCUT2D eigenvalue weighted by atomic mass is 35.5. The average Bonchev–Trinajstić information content (AvgIpc) is 3.07. The molecule has 20 heavy (non-hydrogen) atoms. The summed E-state index contributed by atoms with van der Waals surface area (Å²) < 4.78 is 7.04. The van der Waals surface area contributed by atoms with E-state index in [9.17, 15) is 0 Å². The van der Waals surface area contributed by atoms with Crippen LogP contribution in [0.3, 0.4) is 0 Å². The first kappa shape index (κ1) is 14.8. The zero-order valence-corrected chi connectivity index (χ0v) is 13.7. The molecule has 1 N–H and O–H groups in total. The van der Waals surface area contributed by atoms with Crippen LogP contribution in [0.25, 0.3) is 0 Å². The molecule has 2 unspecified atom stereocenters. The van der Waals surface area contributed by atoms with Gasteiger partial charge < -0.3 is 10.1 Å². The third-order valence-electron chi connectivity index (χ3n) is 4.61. The van der Waals surface area contributed by atoms with Gasteiger partial charge in [0.05, 0.1) is 10.4 Å². The quantitative estimate of drug-likeness (QED) is 0.764. The summed E-state index contributed by atoms with van der Waals surface area (Å²) in [6.45, 7) is 5.33. The number of halogens is 1. The van der Waals surface area contributed by atoms with Gasteiger partial charge >= 0.3 is 0 Å². The van der Waals surface area contributed by atoms with E-state index in [1.807, 2.05) is 6.07 Å². The fraction of sp³-hybridized carbons (Fsp3) is 0.750. The van der Waals surface area contributed by atoms with Crippen LogP contribution >= 0.6 is 22.9 Å². The first-order valence-corrected chi connectivity index (χ1v) is 8.99. The van der Waals surface area contributed by atoms with Crippen LogP contribution < -0.4 is 5.32 Å². The second-order valence-corrected chi connectivity index (χ2v) is 8.10. The Balaban J connectivity index is 1.74. The second-order valence-electron chi connectivity index (χ2n) is 6.30. The van der Waals surface area contributed by atoms with Gasteiger partial charge in [0, 0.05) is 23.4 Å². The smallest absolute Gasteiger partial charge is 0.0931 e. The summed E-state index contributed by atoms with van der Waals surface area (Å²) in [6.07, 6.45) is 6.64. The van der Waals surface area contributed by atoms with Crippen LogP contribution in [0.2, 0.25) is 4.34 Å². The predicted molar refractivity (Wildman–Crippen MR) is 85.7 cm³/mol. The number of rotatable bonds is 7. The second kappa shape index (κ2) is 6.35. The highest BCUT2D eigenvalue weighted by molar-refractivity contribution is 7.16. The standard InChI is InChI=1S/C16H24ClNOS/c1-2-8-18-11-16(10-13-5-6-14(17)20-13)7-9-19-15(16)12-3-4-12/h5-6,12,15,18H,2-4,7-11H2,1H3. The number of nitrogens with one attached hydrogen (secondary N) is 1. The summed E-state index contributed by atoms with van der Waals surface area (Å²) in [7, 11) is 0. The molecule has 0 aromatic carbocycles. The molecule has 1 saturated carbocycles. The Labute approximate surface area is 130 Å². The van der Waals surface area contributed by atoms with E-state index in [1.165, 1.54) is 30.6 Å². The van der Waals surface area contributed by atoms with Crippen LogP contribution in [0.1, 0.15) is 37.5 Å². The summed E-state index contributed by atoms with van der Waals surface area (Å²) >= 11 is 7.83. The molecule has 0 bridgehead atoms. The van der Waals surface area contributed by atoms with Crippen molar-refractivity contribution in [3.8, 4) is 0 Å². The molecule has 0 amide bonds. The minimum atomic E-state index is 0.282. The molecule has 4 heteroatoms. The molecule has 1 aliphatic carbocycles. The summed E-state index contributed by atoms with van der Waals surface area (Å²) in [6, 6.07) is 4.22. The van der Waals surface area contributed by atoms with Crippen molar-refractivity contribution in [1.82, 2.24) is 5.32 Å². The topological polar surface area (TPSA) is 21.3 Å². The van der Waals surface area contributed by atoms with Crippen molar-refractivity contribution in [3.63, 3.8) is 0 Å². The Morgan fingerprint density at radius 1 is 1.45 bits per heavy atom. The molecular formula is C16H24ClNOS. The van der Waals surface area contributed by atoms with Gasteiger partial charge in [0.2, 0.25) is 0 Å². The van der Waals surface area contributed by atoms with Gasteiger partial charge in [-0.1, -0.05) is 18.5 Å². The Bertz CT molecular complexity index is 445. The molecule has 1 aliphatic heterocycles. The lowest BCUT2D eigenvalue weighted by atomic mass is 9.75. The van der Waals surface area contributed by atoms with Crippen molar-refractivity contribution in [2.24, 2.45) is 11.3 Å². The van der Waals surface area contributed by atoms with Crippen LogP contribution in [0.4, 0.5) is 0 Å². The molecule has 0 radical (unpaired) electrons. The minimum Gasteiger partial charge on any atom is -0.377 e. The highest BCUT2D eigenvalue weighted by Gasteiger charge is 2.50. The fourth-order valence-electron chi connectivity index (χ4n) is 3.49. The molecule has 1 aromatic heterocycles. The van der Waals surface area contributed by atoms with Gasteiger partial charge in [-0.15, -0.1) is 11.3 Å². The van der Waals surface area contributed by atoms with Crippen LogP contribution in [-0.2, 0) is 11.2 Å². The first-order valence-electron chi connectivity index (χ1n) is 7.80. The van der Waals surface area contributed by atoms with Gasteiger partial charge in [-0.3, -0.25) is 0 Å². The number of hydrogen-bond donors (Lipinski definition) is 1. The van der Waals surface area contributed by atoms with Crippen LogP contribution in [0.5, 0.6) is 0 Å². The maximum atomic E-state index is 6.13. The van der Waals surface area contributed by atoms with Crippen LogP contribution in [0, 0.1) is 11.3 Å². The Hall–Kier alpha value is -0.0900. The molecule has 2 fully saturated rings. The fourth-order valence-corrected chi connectivity index (χ4v) is 4.73. The Morgan fingerprint density at radius 2 is 2.30 bits per heavy atom. The molecule has 2 nitrogen and oxygen atoms in total. The van der Waals surface area contributed by atoms with E-state index < -0.39 is 0 Å². The third-order valence-corrected chi connectivity index (χ3v) is 5.84. The van der Waals surface area contributed by atoms with E-state index in [1.54, 1.807) is 11.3 Å². The molecule has 0 spiro atoms. The van der Waals surface area contributed by atoms with Crippen molar-refractivity contribution in [3.05, 3.63) is 21.3 Å². The van der Waals surface area contributed by atoms with E-state index >= 15 is 0 Å². The largest absolute Gasteiger partial charge is 0.377 e. The predicted octanol–water partition coefficient (Wildman–Crippen LogP) is 4.13. The van der Waals surface area contributed by atoms with Gasteiger partial charge in [0.25, 0.3) is 0 Å². The monoisotopic (exact) mass is 313 g/mol. The maximum Gasteiger partial charge on any atom is 0.0931 e. The van der Waals surface area contributed by atoms with Gasteiger partial charge in [-0.25, -0.2) is 0 Å².